The van der Waals surface area contributed by atoms with Crippen LogP contribution in [0, 0.1) is 0 Å². The summed E-state index contributed by atoms with van der Waals surface area (Å²) in [6, 6.07) is 7.61. The van der Waals surface area contributed by atoms with Crippen LogP contribution < -0.4 is 5.32 Å². The summed E-state index contributed by atoms with van der Waals surface area (Å²) in [5.41, 5.74) is 1.03. The molecular weight excluding hydrogens is 366 g/mol. The highest BCUT2D eigenvalue weighted by atomic mass is 16.2. The van der Waals surface area contributed by atoms with E-state index in [1.807, 2.05) is 29.2 Å². The van der Waals surface area contributed by atoms with Crippen LogP contribution in [0.15, 0.2) is 24.3 Å². The Morgan fingerprint density at radius 3 is 2.66 bits per heavy atom. The Morgan fingerprint density at radius 2 is 1.93 bits per heavy atom. The molecule has 3 aliphatic rings. The van der Waals surface area contributed by atoms with Crippen LogP contribution in [0.5, 0.6) is 0 Å². The van der Waals surface area contributed by atoms with Gasteiger partial charge in [-0.05, 0) is 30.9 Å². The molecule has 156 valence electrons. The number of fused-ring (bicyclic) bond motifs is 1. The zero-order valence-electron chi connectivity index (χ0n) is 17.3. The number of hydrogen-bond donors (Lipinski definition) is 1. The highest BCUT2D eigenvalue weighted by Crippen LogP contribution is 2.50. The largest absolute Gasteiger partial charge is 0.353 e. The lowest BCUT2D eigenvalue weighted by Gasteiger charge is -2.54. The third-order valence-electron chi connectivity index (χ3n) is 6.87. The van der Waals surface area contributed by atoms with Gasteiger partial charge in [0.25, 0.3) is 5.91 Å². The maximum absolute atomic E-state index is 13.9. The van der Waals surface area contributed by atoms with Gasteiger partial charge in [0.05, 0.1) is 18.0 Å². The van der Waals surface area contributed by atoms with Gasteiger partial charge in [0.1, 0.15) is 0 Å². The fourth-order valence-corrected chi connectivity index (χ4v) is 5.47. The zero-order chi connectivity index (χ0) is 20.4. The summed E-state index contributed by atoms with van der Waals surface area (Å²) in [5, 5.41) is 2.81. The second kappa shape index (κ2) is 8.17. The summed E-state index contributed by atoms with van der Waals surface area (Å²) >= 11 is 0. The first-order valence-corrected chi connectivity index (χ1v) is 11.0. The molecule has 1 saturated heterocycles. The predicted molar refractivity (Wildman–Crippen MR) is 111 cm³/mol. The van der Waals surface area contributed by atoms with Gasteiger partial charge in [-0.15, -0.1) is 0 Å². The monoisotopic (exact) mass is 397 g/mol. The zero-order valence-corrected chi connectivity index (χ0v) is 17.3. The minimum Gasteiger partial charge on any atom is -0.353 e. The van der Waals surface area contributed by atoms with Crippen LogP contribution in [-0.2, 0) is 9.59 Å². The molecule has 0 aromatic heterocycles. The van der Waals surface area contributed by atoms with E-state index < -0.39 is 5.54 Å². The number of unbranched alkanes of at least 4 members (excludes halogenated alkanes) is 1. The fourth-order valence-electron chi connectivity index (χ4n) is 5.47. The number of carbonyl (C=O) groups is 3. The normalized spacial score (nSPS) is 23.7. The van der Waals surface area contributed by atoms with Gasteiger partial charge in [-0.2, -0.15) is 0 Å². The Balaban J connectivity index is 1.81. The Bertz CT molecular complexity index is 800. The Morgan fingerprint density at radius 1 is 1.17 bits per heavy atom. The number of carbonyl (C=O) groups excluding carboxylic acids is 3. The van der Waals surface area contributed by atoms with Crippen molar-refractivity contribution in [3.05, 3.63) is 35.4 Å². The van der Waals surface area contributed by atoms with Gasteiger partial charge in [0.2, 0.25) is 11.8 Å². The van der Waals surface area contributed by atoms with Gasteiger partial charge in [0.15, 0.2) is 0 Å². The molecule has 2 aliphatic heterocycles. The van der Waals surface area contributed by atoms with E-state index in [9.17, 15) is 14.4 Å². The first kappa shape index (κ1) is 19.9. The number of rotatable bonds is 4. The topological polar surface area (TPSA) is 69.7 Å². The van der Waals surface area contributed by atoms with Gasteiger partial charge in [-0.25, -0.2) is 0 Å². The van der Waals surface area contributed by atoms with Crippen molar-refractivity contribution < 1.29 is 14.4 Å². The number of nitrogens with zero attached hydrogens (tertiary/aromatic N) is 2. The van der Waals surface area contributed by atoms with Crippen LogP contribution in [0.25, 0.3) is 0 Å². The van der Waals surface area contributed by atoms with Gasteiger partial charge >= 0.3 is 0 Å². The molecule has 29 heavy (non-hydrogen) atoms. The van der Waals surface area contributed by atoms with E-state index in [1.54, 1.807) is 4.90 Å². The van der Waals surface area contributed by atoms with Crippen LogP contribution in [0.4, 0.5) is 0 Å². The summed E-state index contributed by atoms with van der Waals surface area (Å²) in [4.78, 5) is 43.1. The van der Waals surface area contributed by atoms with E-state index in [1.165, 1.54) is 0 Å². The van der Waals surface area contributed by atoms with E-state index in [-0.39, 0.29) is 30.2 Å². The van der Waals surface area contributed by atoms with Gasteiger partial charge in [0, 0.05) is 25.2 Å². The van der Waals surface area contributed by atoms with Crippen molar-refractivity contribution in [3.63, 3.8) is 0 Å². The Kier molecular flexibility index (Phi) is 5.61. The highest BCUT2D eigenvalue weighted by molar-refractivity contribution is 6.02. The van der Waals surface area contributed by atoms with Crippen molar-refractivity contribution in [1.82, 2.24) is 15.1 Å². The molecule has 2 heterocycles. The Hall–Kier alpha value is -2.37. The predicted octanol–water partition coefficient (Wildman–Crippen LogP) is 2.69. The van der Waals surface area contributed by atoms with E-state index in [0.29, 0.717) is 25.2 Å². The summed E-state index contributed by atoms with van der Waals surface area (Å²) < 4.78 is 0. The van der Waals surface area contributed by atoms with E-state index >= 15 is 0 Å². The minimum atomic E-state index is -0.468. The molecule has 1 aliphatic carbocycles. The number of hydrogen-bond acceptors (Lipinski definition) is 3. The maximum Gasteiger partial charge on any atom is 0.254 e. The lowest BCUT2D eigenvalue weighted by Crippen LogP contribution is -2.64. The Labute approximate surface area is 172 Å². The van der Waals surface area contributed by atoms with Crippen LogP contribution in [0.3, 0.4) is 0 Å². The number of benzene rings is 1. The quantitative estimate of drug-likeness (QED) is 0.849. The molecular formula is C23H31N3O3. The van der Waals surface area contributed by atoms with Crippen molar-refractivity contribution >= 4 is 17.7 Å². The SMILES string of the molecule is CCCCN1C(=O)c2ccccc2[C@@H](C(=O)N2CCNC(=O)C2)C12CCCCC2. The molecule has 1 N–H and O–H groups in total. The first-order chi connectivity index (χ1) is 14.1. The highest BCUT2D eigenvalue weighted by Gasteiger charge is 2.55. The fraction of sp³-hybridized carbons (Fsp3) is 0.609. The standard InChI is InChI=1S/C23H31N3O3/c1-2-3-14-26-21(28)18-10-6-5-9-17(18)20(23(26)11-7-4-8-12-23)22(29)25-15-13-24-19(27)16-25/h5-6,9-10,20H,2-4,7-8,11-16H2,1H3,(H,24,27)/t20-/m0/s1. The second-order valence-electron chi connectivity index (χ2n) is 8.60. The lowest BCUT2D eigenvalue weighted by molar-refractivity contribution is -0.143. The van der Waals surface area contributed by atoms with E-state index in [2.05, 4.69) is 12.2 Å². The van der Waals surface area contributed by atoms with Crippen molar-refractivity contribution in [3.8, 4) is 0 Å². The first-order valence-electron chi connectivity index (χ1n) is 11.0. The van der Waals surface area contributed by atoms with Crippen LogP contribution in [0.2, 0.25) is 0 Å². The average Bonchev–Trinajstić information content (AvgIpc) is 2.74. The van der Waals surface area contributed by atoms with Crippen LogP contribution in [0.1, 0.15) is 73.7 Å². The molecule has 1 aromatic rings. The van der Waals surface area contributed by atoms with Crippen LogP contribution >= 0.6 is 0 Å². The summed E-state index contributed by atoms with van der Waals surface area (Å²) in [7, 11) is 0. The minimum absolute atomic E-state index is 0.00296. The van der Waals surface area contributed by atoms with Crippen molar-refractivity contribution in [2.75, 3.05) is 26.2 Å². The molecule has 0 radical (unpaired) electrons. The molecule has 3 amide bonds. The van der Waals surface area contributed by atoms with Gasteiger partial charge < -0.3 is 15.1 Å². The van der Waals surface area contributed by atoms with E-state index in [4.69, 9.17) is 0 Å². The van der Waals surface area contributed by atoms with Crippen molar-refractivity contribution in [2.45, 2.75) is 63.3 Å². The smallest absolute Gasteiger partial charge is 0.254 e. The lowest BCUT2D eigenvalue weighted by atomic mass is 9.65. The molecule has 6 heteroatoms. The third kappa shape index (κ3) is 3.43. The van der Waals surface area contributed by atoms with Crippen molar-refractivity contribution in [2.24, 2.45) is 0 Å². The van der Waals surface area contributed by atoms with Crippen molar-refractivity contribution in [1.29, 1.82) is 0 Å². The van der Waals surface area contributed by atoms with E-state index in [0.717, 1.165) is 50.5 Å². The molecule has 0 bridgehead atoms. The van der Waals surface area contributed by atoms with Gasteiger partial charge in [-0.3, -0.25) is 14.4 Å². The molecule has 1 spiro atoms. The molecule has 1 saturated carbocycles. The molecule has 2 fully saturated rings. The number of piperazine rings is 1. The summed E-state index contributed by atoms with van der Waals surface area (Å²) in [6.45, 7) is 3.95. The number of nitrogens with one attached hydrogen (secondary N) is 1. The van der Waals surface area contributed by atoms with Crippen LogP contribution in [-0.4, -0.2) is 59.2 Å². The summed E-state index contributed by atoms with van der Waals surface area (Å²) in [6.07, 6.45) is 6.85. The molecule has 1 aromatic carbocycles. The molecule has 0 unspecified atom stereocenters. The molecule has 6 nitrogen and oxygen atoms in total. The number of amides is 3. The van der Waals surface area contributed by atoms with Gasteiger partial charge in [-0.1, -0.05) is 50.8 Å². The molecule has 4 rings (SSSR count). The maximum atomic E-state index is 13.9. The summed E-state index contributed by atoms with van der Waals surface area (Å²) in [5.74, 6) is -0.427. The second-order valence-corrected chi connectivity index (χ2v) is 8.60. The molecule has 1 atom stereocenters. The average molecular weight is 398 g/mol. The third-order valence-corrected chi connectivity index (χ3v) is 6.87.